The van der Waals surface area contributed by atoms with E-state index >= 15 is 0 Å². The summed E-state index contributed by atoms with van der Waals surface area (Å²) in [5, 5.41) is 9.23. The summed E-state index contributed by atoms with van der Waals surface area (Å²) in [7, 11) is 5.22. The van der Waals surface area contributed by atoms with Gasteiger partial charge < -0.3 is 9.47 Å². The van der Waals surface area contributed by atoms with Crippen LogP contribution in [0.4, 0.5) is 0 Å². The molecule has 0 spiro atoms. The van der Waals surface area contributed by atoms with Crippen molar-refractivity contribution in [1.29, 1.82) is 5.26 Å². The second-order valence-corrected chi connectivity index (χ2v) is 3.87. The Bertz CT molecular complexity index is 484. The standard InChI is InChI=1S/C14H16N2O2/c1-5-9-18-14-11(12(10-15)16(2)3)7-6-8-13(14)17-4/h1,6-8,12H,9H2,2-4H3. The van der Waals surface area contributed by atoms with Crippen molar-refractivity contribution in [1.82, 2.24) is 4.90 Å². The highest BCUT2D eigenvalue weighted by molar-refractivity contribution is 5.49. The molecule has 0 aliphatic carbocycles. The average molecular weight is 244 g/mol. The molecule has 0 aliphatic heterocycles. The van der Waals surface area contributed by atoms with Crippen LogP contribution in [0, 0.1) is 23.7 Å². The molecular weight excluding hydrogens is 228 g/mol. The highest BCUT2D eigenvalue weighted by Gasteiger charge is 2.20. The summed E-state index contributed by atoms with van der Waals surface area (Å²) >= 11 is 0. The zero-order valence-corrected chi connectivity index (χ0v) is 10.8. The maximum Gasteiger partial charge on any atom is 0.168 e. The molecule has 1 unspecified atom stereocenters. The molecule has 0 N–H and O–H groups in total. The monoisotopic (exact) mass is 244 g/mol. The molecular formula is C14H16N2O2. The predicted molar refractivity (Wildman–Crippen MR) is 69.4 cm³/mol. The SMILES string of the molecule is C#CCOc1c(OC)cccc1C(C#N)N(C)C. The van der Waals surface area contributed by atoms with Gasteiger partial charge in [0.25, 0.3) is 0 Å². The Morgan fingerprint density at radius 3 is 2.67 bits per heavy atom. The van der Waals surface area contributed by atoms with E-state index in [0.29, 0.717) is 11.5 Å². The van der Waals surface area contributed by atoms with Crippen LogP contribution in [0.5, 0.6) is 11.5 Å². The topological polar surface area (TPSA) is 45.5 Å². The van der Waals surface area contributed by atoms with E-state index in [2.05, 4.69) is 12.0 Å². The van der Waals surface area contributed by atoms with Crippen molar-refractivity contribution in [3.8, 4) is 29.9 Å². The van der Waals surface area contributed by atoms with E-state index in [1.807, 2.05) is 26.2 Å². The molecule has 0 amide bonds. The minimum atomic E-state index is -0.409. The van der Waals surface area contributed by atoms with E-state index in [-0.39, 0.29) is 6.61 Å². The Morgan fingerprint density at radius 2 is 2.17 bits per heavy atom. The summed E-state index contributed by atoms with van der Waals surface area (Å²) < 4.78 is 10.7. The molecule has 1 atom stereocenters. The fraction of sp³-hybridized carbons (Fsp3) is 0.357. The Morgan fingerprint density at radius 1 is 1.44 bits per heavy atom. The fourth-order valence-corrected chi connectivity index (χ4v) is 1.64. The molecule has 0 saturated carbocycles. The molecule has 4 nitrogen and oxygen atoms in total. The lowest BCUT2D eigenvalue weighted by molar-refractivity contribution is 0.307. The van der Waals surface area contributed by atoms with Crippen molar-refractivity contribution in [3.05, 3.63) is 23.8 Å². The van der Waals surface area contributed by atoms with Crippen molar-refractivity contribution >= 4 is 0 Å². The van der Waals surface area contributed by atoms with Gasteiger partial charge in [0.2, 0.25) is 0 Å². The van der Waals surface area contributed by atoms with Crippen molar-refractivity contribution in [2.24, 2.45) is 0 Å². The normalized spacial score (nSPS) is 11.4. The quantitative estimate of drug-likeness (QED) is 0.741. The van der Waals surface area contributed by atoms with E-state index in [1.165, 1.54) is 0 Å². The lowest BCUT2D eigenvalue weighted by Crippen LogP contribution is -2.19. The summed E-state index contributed by atoms with van der Waals surface area (Å²) in [4.78, 5) is 1.80. The van der Waals surface area contributed by atoms with Crippen molar-refractivity contribution in [3.63, 3.8) is 0 Å². The minimum Gasteiger partial charge on any atom is -0.493 e. The molecule has 0 fully saturated rings. The van der Waals surface area contributed by atoms with E-state index in [4.69, 9.17) is 15.9 Å². The molecule has 0 saturated heterocycles. The van der Waals surface area contributed by atoms with Crippen LogP contribution >= 0.6 is 0 Å². The van der Waals surface area contributed by atoms with E-state index < -0.39 is 6.04 Å². The number of nitrogens with zero attached hydrogens (tertiary/aromatic N) is 2. The molecule has 0 heterocycles. The van der Waals surface area contributed by atoms with Gasteiger partial charge in [-0.05, 0) is 20.2 Å². The van der Waals surface area contributed by atoms with Gasteiger partial charge in [0.05, 0.1) is 13.2 Å². The van der Waals surface area contributed by atoms with Gasteiger partial charge in [-0.25, -0.2) is 0 Å². The first-order valence-electron chi connectivity index (χ1n) is 5.45. The molecule has 1 rings (SSSR count). The average Bonchev–Trinajstić information content (AvgIpc) is 2.37. The largest absolute Gasteiger partial charge is 0.493 e. The Hall–Kier alpha value is -2.17. The third-order valence-corrected chi connectivity index (χ3v) is 2.46. The number of benzene rings is 1. The van der Waals surface area contributed by atoms with Gasteiger partial charge in [-0.15, -0.1) is 6.42 Å². The van der Waals surface area contributed by atoms with Crippen molar-refractivity contribution in [2.75, 3.05) is 27.8 Å². The van der Waals surface area contributed by atoms with Crippen LogP contribution < -0.4 is 9.47 Å². The Kier molecular flexibility index (Phi) is 5.05. The molecule has 1 aromatic rings. The zero-order chi connectivity index (χ0) is 13.5. The molecule has 1 aromatic carbocycles. The molecule has 94 valence electrons. The van der Waals surface area contributed by atoms with Crippen molar-refractivity contribution < 1.29 is 9.47 Å². The van der Waals surface area contributed by atoms with Crippen LogP contribution in [0.2, 0.25) is 0 Å². The summed E-state index contributed by atoms with van der Waals surface area (Å²) in [5.74, 6) is 3.51. The van der Waals surface area contributed by atoms with Gasteiger partial charge in [0, 0.05) is 5.56 Å². The highest BCUT2D eigenvalue weighted by Crippen LogP contribution is 2.36. The van der Waals surface area contributed by atoms with Gasteiger partial charge in [-0.3, -0.25) is 4.90 Å². The first-order valence-corrected chi connectivity index (χ1v) is 5.45. The molecule has 0 aliphatic rings. The van der Waals surface area contributed by atoms with Crippen LogP contribution in [0.3, 0.4) is 0 Å². The number of ether oxygens (including phenoxy) is 2. The number of methoxy groups -OCH3 is 1. The smallest absolute Gasteiger partial charge is 0.168 e. The van der Waals surface area contributed by atoms with Gasteiger partial charge in [0.1, 0.15) is 12.6 Å². The molecule has 0 aromatic heterocycles. The summed E-state index contributed by atoms with van der Waals surface area (Å²) in [6.07, 6.45) is 5.20. The zero-order valence-electron chi connectivity index (χ0n) is 10.8. The molecule has 4 heteroatoms. The maximum absolute atomic E-state index is 9.23. The summed E-state index contributed by atoms with van der Waals surface area (Å²) in [6.45, 7) is 0.138. The van der Waals surface area contributed by atoms with E-state index in [9.17, 15) is 5.26 Å². The summed E-state index contributed by atoms with van der Waals surface area (Å²) in [6, 6.07) is 7.25. The van der Waals surface area contributed by atoms with Crippen LogP contribution in [-0.4, -0.2) is 32.7 Å². The van der Waals surface area contributed by atoms with Gasteiger partial charge >= 0.3 is 0 Å². The van der Waals surface area contributed by atoms with Gasteiger partial charge in [0.15, 0.2) is 11.5 Å². The van der Waals surface area contributed by atoms with Crippen LogP contribution in [0.15, 0.2) is 18.2 Å². The third kappa shape index (κ3) is 2.94. The number of para-hydroxylation sites is 1. The second-order valence-electron chi connectivity index (χ2n) is 3.87. The molecule has 0 bridgehead atoms. The molecule has 18 heavy (non-hydrogen) atoms. The number of terminal acetylenes is 1. The highest BCUT2D eigenvalue weighted by atomic mass is 16.5. The van der Waals surface area contributed by atoms with Crippen LogP contribution in [-0.2, 0) is 0 Å². The van der Waals surface area contributed by atoms with Gasteiger partial charge in [-0.1, -0.05) is 18.1 Å². The minimum absolute atomic E-state index is 0.138. The van der Waals surface area contributed by atoms with E-state index in [0.717, 1.165) is 5.56 Å². The molecule has 0 radical (unpaired) electrons. The fourth-order valence-electron chi connectivity index (χ4n) is 1.64. The van der Waals surface area contributed by atoms with Crippen LogP contribution in [0.25, 0.3) is 0 Å². The van der Waals surface area contributed by atoms with Gasteiger partial charge in [-0.2, -0.15) is 5.26 Å². The Labute approximate surface area is 108 Å². The first-order chi connectivity index (χ1) is 8.65. The van der Waals surface area contributed by atoms with E-state index in [1.54, 1.807) is 18.1 Å². The third-order valence-electron chi connectivity index (χ3n) is 2.46. The number of nitriles is 1. The summed E-state index contributed by atoms with van der Waals surface area (Å²) in [5.41, 5.74) is 0.747. The number of hydrogen-bond acceptors (Lipinski definition) is 4. The number of rotatable bonds is 5. The maximum atomic E-state index is 9.23. The second kappa shape index (κ2) is 6.54. The number of hydrogen-bond donors (Lipinski definition) is 0. The predicted octanol–water partition coefficient (Wildman–Crippen LogP) is 1.83. The lowest BCUT2D eigenvalue weighted by Gasteiger charge is -2.21. The van der Waals surface area contributed by atoms with Crippen molar-refractivity contribution in [2.45, 2.75) is 6.04 Å². The first kappa shape index (κ1) is 13.9. The lowest BCUT2D eigenvalue weighted by atomic mass is 10.1. The Balaban J connectivity index is 3.25. The van der Waals surface area contributed by atoms with Crippen LogP contribution in [0.1, 0.15) is 11.6 Å².